The highest BCUT2D eigenvalue weighted by Gasteiger charge is 2.05. The summed E-state index contributed by atoms with van der Waals surface area (Å²) in [4.78, 5) is 11.8. The van der Waals surface area contributed by atoms with Gasteiger partial charge in [-0.2, -0.15) is 0 Å². The van der Waals surface area contributed by atoms with Crippen LogP contribution >= 0.6 is 0 Å². The van der Waals surface area contributed by atoms with E-state index < -0.39 is 0 Å². The van der Waals surface area contributed by atoms with Gasteiger partial charge in [-0.25, -0.2) is 0 Å². The lowest BCUT2D eigenvalue weighted by Gasteiger charge is -2.08. The first kappa shape index (κ1) is 14.1. The number of carbonyl (C=O) groups is 1. The van der Waals surface area contributed by atoms with Crippen LogP contribution in [0.15, 0.2) is 34.9 Å². The third-order valence-corrected chi connectivity index (χ3v) is 2.92. The van der Waals surface area contributed by atoms with Crippen molar-refractivity contribution in [2.45, 2.75) is 26.7 Å². The quantitative estimate of drug-likeness (QED) is 0.878. The molecule has 5 nitrogen and oxygen atoms in total. The van der Waals surface area contributed by atoms with Crippen LogP contribution in [0.25, 0.3) is 0 Å². The highest BCUT2D eigenvalue weighted by atomic mass is 16.5. The molecule has 0 aliphatic carbocycles. The van der Waals surface area contributed by atoms with Crippen LogP contribution in [0.3, 0.4) is 0 Å². The molecule has 0 spiro atoms. The SMILES string of the molecule is Cc1cc(NCC(=O)Nc2ccc(C(C)C)cc2)no1. The number of amides is 1. The van der Waals surface area contributed by atoms with Crippen molar-refractivity contribution in [2.75, 3.05) is 17.2 Å². The minimum absolute atomic E-state index is 0.122. The Balaban J connectivity index is 1.84. The third kappa shape index (κ3) is 3.85. The van der Waals surface area contributed by atoms with Crippen molar-refractivity contribution in [3.8, 4) is 0 Å². The number of carbonyl (C=O) groups excluding carboxylic acids is 1. The molecular weight excluding hydrogens is 254 g/mol. The number of rotatable bonds is 5. The fourth-order valence-electron chi connectivity index (χ4n) is 1.78. The Bertz CT molecular complexity index is 573. The average molecular weight is 273 g/mol. The lowest BCUT2D eigenvalue weighted by Crippen LogP contribution is -2.21. The van der Waals surface area contributed by atoms with Gasteiger partial charge in [-0.05, 0) is 30.5 Å². The summed E-state index contributed by atoms with van der Waals surface area (Å²) in [5, 5.41) is 9.48. The number of aryl methyl sites for hydroxylation is 1. The number of nitrogens with one attached hydrogen (secondary N) is 2. The van der Waals surface area contributed by atoms with Gasteiger partial charge in [0.25, 0.3) is 0 Å². The molecule has 0 fully saturated rings. The van der Waals surface area contributed by atoms with Crippen LogP contribution in [-0.2, 0) is 4.79 Å². The fraction of sp³-hybridized carbons (Fsp3) is 0.333. The summed E-state index contributed by atoms with van der Waals surface area (Å²) in [6, 6.07) is 9.61. The molecule has 1 aromatic carbocycles. The first-order valence-corrected chi connectivity index (χ1v) is 6.61. The monoisotopic (exact) mass is 273 g/mol. The van der Waals surface area contributed by atoms with Crippen molar-refractivity contribution in [3.63, 3.8) is 0 Å². The first-order valence-electron chi connectivity index (χ1n) is 6.61. The van der Waals surface area contributed by atoms with Gasteiger partial charge in [0.05, 0.1) is 6.54 Å². The Labute approximate surface area is 118 Å². The summed E-state index contributed by atoms with van der Waals surface area (Å²) in [5.41, 5.74) is 2.04. The van der Waals surface area contributed by atoms with Crippen molar-refractivity contribution in [1.29, 1.82) is 0 Å². The summed E-state index contributed by atoms with van der Waals surface area (Å²) >= 11 is 0. The van der Waals surface area contributed by atoms with Gasteiger partial charge >= 0.3 is 0 Å². The Morgan fingerprint density at radius 2 is 2.00 bits per heavy atom. The second-order valence-electron chi connectivity index (χ2n) is 5.00. The number of hydrogen-bond donors (Lipinski definition) is 2. The number of nitrogens with zero attached hydrogens (tertiary/aromatic N) is 1. The van der Waals surface area contributed by atoms with Crippen LogP contribution in [0.5, 0.6) is 0 Å². The molecule has 0 radical (unpaired) electrons. The molecule has 0 saturated carbocycles. The highest BCUT2D eigenvalue weighted by Crippen LogP contribution is 2.17. The summed E-state index contributed by atoms with van der Waals surface area (Å²) < 4.78 is 4.91. The zero-order valence-corrected chi connectivity index (χ0v) is 11.9. The van der Waals surface area contributed by atoms with Gasteiger partial charge in [-0.3, -0.25) is 4.79 Å². The zero-order chi connectivity index (χ0) is 14.5. The minimum atomic E-state index is -0.122. The van der Waals surface area contributed by atoms with Gasteiger partial charge < -0.3 is 15.2 Å². The number of hydrogen-bond acceptors (Lipinski definition) is 4. The zero-order valence-electron chi connectivity index (χ0n) is 11.9. The smallest absolute Gasteiger partial charge is 0.243 e. The van der Waals surface area contributed by atoms with Crippen molar-refractivity contribution in [1.82, 2.24) is 5.16 Å². The number of benzene rings is 1. The van der Waals surface area contributed by atoms with E-state index in [4.69, 9.17) is 4.52 Å². The van der Waals surface area contributed by atoms with Crippen molar-refractivity contribution >= 4 is 17.4 Å². The summed E-state index contributed by atoms with van der Waals surface area (Å²) in [5.74, 6) is 1.63. The van der Waals surface area contributed by atoms with Gasteiger partial charge in [-0.1, -0.05) is 31.1 Å². The van der Waals surface area contributed by atoms with E-state index in [1.54, 1.807) is 13.0 Å². The lowest BCUT2D eigenvalue weighted by molar-refractivity contribution is -0.114. The second-order valence-corrected chi connectivity index (χ2v) is 5.00. The normalized spacial score (nSPS) is 10.6. The van der Waals surface area contributed by atoms with Crippen LogP contribution in [-0.4, -0.2) is 17.6 Å². The van der Waals surface area contributed by atoms with E-state index >= 15 is 0 Å². The van der Waals surface area contributed by atoms with Crippen molar-refractivity contribution in [3.05, 3.63) is 41.7 Å². The van der Waals surface area contributed by atoms with Crippen LogP contribution in [0, 0.1) is 6.92 Å². The first-order chi connectivity index (χ1) is 9.54. The van der Waals surface area contributed by atoms with Crippen LogP contribution < -0.4 is 10.6 Å². The molecule has 2 aromatic rings. The molecule has 20 heavy (non-hydrogen) atoms. The molecule has 0 aliphatic rings. The maximum absolute atomic E-state index is 11.8. The fourth-order valence-corrected chi connectivity index (χ4v) is 1.78. The molecule has 106 valence electrons. The van der Waals surface area contributed by atoms with E-state index in [1.165, 1.54) is 5.56 Å². The van der Waals surface area contributed by atoms with E-state index in [9.17, 15) is 4.79 Å². The predicted molar refractivity (Wildman–Crippen MR) is 78.9 cm³/mol. The van der Waals surface area contributed by atoms with E-state index in [2.05, 4.69) is 29.6 Å². The topological polar surface area (TPSA) is 67.2 Å². The summed E-state index contributed by atoms with van der Waals surface area (Å²) in [7, 11) is 0. The molecule has 1 heterocycles. The Hall–Kier alpha value is -2.30. The Morgan fingerprint density at radius 1 is 1.30 bits per heavy atom. The molecule has 0 atom stereocenters. The number of anilines is 2. The highest BCUT2D eigenvalue weighted by molar-refractivity contribution is 5.93. The van der Waals surface area contributed by atoms with Crippen molar-refractivity contribution in [2.24, 2.45) is 0 Å². The largest absolute Gasteiger partial charge is 0.360 e. The van der Waals surface area contributed by atoms with Crippen LogP contribution in [0.1, 0.15) is 31.1 Å². The van der Waals surface area contributed by atoms with E-state index in [1.807, 2.05) is 24.3 Å². The minimum Gasteiger partial charge on any atom is -0.360 e. The molecule has 2 rings (SSSR count). The van der Waals surface area contributed by atoms with Gasteiger partial charge in [0, 0.05) is 11.8 Å². The average Bonchev–Trinajstić information content (AvgIpc) is 2.83. The summed E-state index contributed by atoms with van der Waals surface area (Å²) in [6.07, 6.45) is 0. The van der Waals surface area contributed by atoms with E-state index in [0.717, 1.165) is 5.69 Å². The second kappa shape index (κ2) is 6.23. The standard InChI is InChI=1S/C15H19N3O2/c1-10(2)12-4-6-13(7-5-12)17-15(19)9-16-14-8-11(3)20-18-14/h4-8,10H,9H2,1-3H3,(H,16,18)(H,17,19). The third-order valence-electron chi connectivity index (χ3n) is 2.92. The molecule has 2 N–H and O–H groups in total. The maximum atomic E-state index is 11.8. The van der Waals surface area contributed by atoms with E-state index in [0.29, 0.717) is 17.5 Å². The molecule has 0 unspecified atom stereocenters. The molecule has 0 bridgehead atoms. The Morgan fingerprint density at radius 3 is 2.55 bits per heavy atom. The van der Waals surface area contributed by atoms with E-state index in [-0.39, 0.29) is 12.5 Å². The van der Waals surface area contributed by atoms with Gasteiger partial charge in [0.1, 0.15) is 5.76 Å². The molecule has 1 amide bonds. The predicted octanol–water partition coefficient (Wildman–Crippen LogP) is 3.16. The van der Waals surface area contributed by atoms with Crippen LogP contribution in [0.4, 0.5) is 11.5 Å². The van der Waals surface area contributed by atoms with Gasteiger partial charge in [0.15, 0.2) is 5.82 Å². The molecular formula is C15H19N3O2. The molecule has 0 saturated heterocycles. The van der Waals surface area contributed by atoms with Gasteiger partial charge in [0.2, 0.25) is 5.91 Å². The molecule has 5 heteroatoms. The summed E-state index contributed by atoms with van der Waals surface area (Å²) in [6.45, 7) is 6.22. The maximum Gasteiger partial charge on any atom is 0.243 e. The lowest BCUT2D eigenvalue weighted by atomic mass is 10.0. The molecule has 1 aromatic heterocycles. The van der Waals surface area contributed by atoms with Crippen LogP contribution in [0.2, 0.25) is 0 Å². The molecule has 0 aliphatic heterocycles. The van der Waals surface area contributed by atoms with Crippen molar-refractivity contribution < 1.29 is 9.32 Å². The van der Waals surface area contributed by atoms with Gasteiger partial charge in [-0.15, -0.1) is 0 Å². The number of aromatic nitrogens is 1. The Kier molecular flexibility index (Phi) is 4.40.